The Morgan fingerprint density at radius 2 is 1.70 bits per heavy atom. The fourth-order valence-electron chi connectivity index (χ4n) is 3.45. The number of amides is 1. The van der Waals surface area contributed by atoms with E-state index in [0.717, 1.165) is 24.8 Å². The van der Waals surface area contributed by atoms with Gasteiger partial charge in [0, 0.05) is 25.6 Å². The molecule has 0 bridgehead atoms. The second-order valence-corrected chi connectivity index (χ2v) is 9.16. The molecule has 1 heterocycles. The van der Waals surface area contributed by atoms with Crippen molar-refractivity contribution in [3.63, 3.8) is 0 Å². The third-order valence-electron chi connectivity index (χ3n) is 5.20. The lowest BCUT2D eigenvalue weighted by Gasteiger charge is -2.25. The van der Waals surface area contributed by atoms with Crippen molar-refractivity contribution in [3.8, 4) is 11.5 Å². The van der Waals surface area contributed by atoms with E-state index in [9.17, 15) is 13.2 Å². The van der Waals surface area contributed by atoms with Gasteiger partial charge in [0.05, 0.1) is 24.8 Å². The van der Waals surface area contributed by atoms with Crippen LogP contribution >= 0.6 is 0 Å². The van der Waals surface area contributed by atoms with E-state index in [1.807, 2.05) is 0 Å². The Balaban J connectivity index is 1.58. The van der Waals surface area contributed by atoms with Crippen LogP contribution in [0, 0.1) is 0 Å². The molecule has 0 aliphatic carbocycles. The van der Waals surface area contributed by atoms with Crippen LogP contribution in [0.25, 0.3) is 0 Å². The van der Waals surface area contributed by atoms with Crippen LogP contribution < -0.4 is 14.8 Å². The fourth-order valence-corrected chi connectivity index (χ4v) is 4.97. The summed E-state index contributed by atoms with van der Waals surface area (Å²) >= 11 is 0. The molecule has 7 nitrogen and oxygen atoms in total. The number of rotatable bonds is 8. The number of aryl methyl sites for hydroxylation is 1. The molecule has 0 unspecified atom stereocenters. The topological polar surface area (TPSA) is 84.9 Å². The van der Waals surface area contributed by atoms with E-state index < -0.39 is 10.0 Å². The summed E-state index contributed by atoms with van der Waals surface area (Å²) in [6.07, 6.45) is 3.67. The maximum atomic E-state index is 12.7. The Hall–Kier alpha value is -2.58. The molecule has 1 saturated heterocycles. The SMILES string of the molecule is COc1ccc(NC(=O)CCc2ccc(S(=O)(=O)N3CCCCC3)cc2)c(OC)c1. The molecule has 0 radical (unpaired) electrons. The van der Waals surface area contributed by atoms with Gasteiger partial charge < -0.3 is 14.8 Å². The zero-order chi connectivity index (χ0) is 21.6. The maximum absolute atomic E-state index is 12.7. The number of nitrogens with one attached hydrogen (secondary N) is 1. The number of carbonyl (C=O) groups is 1. The zero-order valence-corrected chi connectivity index (χ0v) is 18.2. The number of piperidine rings is 1. The van der Waals surface area contributed by atoms with Gasteiger partial charge in [0.1, 0.15) is 11.5 Å². The first-order valence-corrected chi connectivity index (χ1v) is 11.5. The number of benzene rings is 2. The first kappa shape index (κ1) is 22.1. The zero-order valence-electron chi connectivity index (χ0n) is 17.4. The van der Waals surface area contributed by atoms with Gasteiger partial charge in [0.25, 0.3) is 0 Å². The van der Waals surface area contributed by atoms with Gasteiger partial charge >= 0.3 is 0 Å². The van der Waals surface area contributed by atoms with Crippen LogP contribution in [0.5, 0.6) is 11.5 Å². The molecule has 0 aromatic heterocycles. The van der Waals surface area contributed by atoms with Crippen LogP contribution in [0.3, 0.4) is 0 Å². The van der Waals surface area contributed by atoms with E-state index in [0.29, 0.717) is 41.6 Å². The smallest absolute Gasteiger partial charge is 0.243 e. The van der Waals surface area contributed by atoms with Crippen LogP contribution in [0.4, 0.5) is 5.69 Å². The van der Waals surface area contributed by atoms with Crippen molar-refractivity contribution in [1.29, 1.82) is 0 Å². The molecule has 0 spiro atoms. The Morgan fingerprint density at radius 1 is 1.00 bits per heavy atom. The van der Waals surface area contributed by atoms with Crippen LogP contribution in [-0.4, -0.2) is 45.9 Å². The molecule has 30 heavy (non-hydrogen) atoms. The Bertz CT molecular complexity index is 968. The van der Waals surface area contributed by atoms with E-state index >= 15 is 0 Å². The molecule has 1 amide bonds. The lowest BCUT2D eigenvalue weighted by atomic mass is 10.1. The maximum Gasteiger partial charge on any atom is 0.243 e. The number of ether oxygens (including phenoxy) is 2. The summed E-state index contributed by atoms with van der Waals surface area (Å²) in [5.41, 5.74) is 1.48. The number of nitrogens with zero attached hydrogens (tertiary/aromatic N) is 1. The second-order valence-electron chi connectivity index (χ2n) is 7.22. The van der Waals surface area contributed by atoms with E-state index in [-0.39, 0.29) is 12.3 Å². The van der Waals surface area contributed by atoms with Crippen LogP contribution in [-0.2, 0) is 21.2 Å². The number of anilines is 1. The molecule has 1 N–H and O–H groups in total. The predicted octanol–water partition coefficient (Wildman–Crippen LogP) is 3.45. The van der Waals surface area contributed by atoms with Crippen LogP contribution in [0.2, 0.25) is 0 Å². The average Bonchev–Trinajstić information content (AvgIpc) is 2.78. The van der Waals surface area contributed by atoms with Gasteiger partial charge in [-0.05, 0) is 49.1 Å². The van der Waals surface area contributed by atoms with Crippen molar-refractivity contribution >= 4 is 21.6 Å². The summed E-state index contributed by atoms with van der Waals surface area (Å²) in [6, 6.07) is 12.0. The van der Waals surface area contributed by atoms with Crippen LogP contribution in [0.15, 0.2) is 47.4 Å². The minimum Gasteiger partial charge on any atom is -0.497 e. The fraction of sp³-hybridized carbons (Fsp3) is 0.409. The van der Waals surface area contributed by atoms with Crippen molar-refractivity contribution in [3.05, 3.63) is 48.0 Å². The summed E-state index contributed by atoms with van der Waals surface area (Å²) in [5, 5.41) is 2.84. The van der Waals surface area contributed by atoms with Crippen LogP contribution in [0.1, 0.15) is 31.2 Å². The summed E-state index contributed by atoms with van der Waals surface area (Å²) in [7, 11) is -0.337. The molecule has 0 atom stereocenters. The molecule has 2 aromatic carbocycles. The largest absolute Gasteiger partial charge is 0.497 e. The van der Waals surface area contributed by atoms with Gasteiger partial charge in [0.15, 0.2) is 0 Å². The van der Waals surface area contributed by atoms with Gasteiger partial charge in [-0.25, -0.2) is 8.42 Å². The molecule has 1 aliphatic rings. The van der Waals surface area contributed by atoms with Gasteiger partial charge in [-0.15, -0.1) is 0 Å². The average molecular weight is 433 g/mol. The Morgan fingerprint density at radius 3 is 2.33 bits per heavy atom. The number of hydrogen-bond donors (Lipinski definition) is 1. The number of sulfonamides is 1. The number of hydrogen-bond acceptors (Lipinski definition) is 5. The summed E-state index contributed by atoms with van der Waals surface area (Å²) in [4.78, 5) is 12.6. The summed E-state index contributed by atoms with van der Waals surface area (Å²) < 4.78 is 37.4. The molecule has 1 fully saturated rings. The normalized spacial score (nSPS) is 14.9. The standard InChI is InChI=1S/C22H28N2O5S/c1-28-18-9-12-20(21(16-18)29-2)23-22(25)13-8-17-6-10-19(11-7-17)30(26,27)24-14-4-3-5-15-24/h6-7,9-12,16H,3-5,8,13-15H2,1-2H3,(H,23,25). The lowest BCUT2D eigenvalue weighted by molar-refractivity contribution is -0.116. The molecular weight excluding hydrogens is 404 g/mol. The Kier molecular flexibility index (Phi) is 7.33. The summed E-state index contributed by atoms with van der Waals surface area (Å²) in [5.74, 6) is 1.02. The minimum atomic E-state index is -3.43. The minimum absolute atomic E-state index is 0.150. The third kappa shape index (κ3) is 5.31. The first-order chi connectivity index (χ1) is 14.4. The van der Waals surface area contributed by atoms with Crippen molar-refractivity contribution in [1.82, 2.24) is 4.31 Å². The lowest BCUT2D eigenvalue weighted by Crippen LogP contribution is -2.35. The molecular formula is C22H28N2O5S. The highest BCUT2D eigenvalue weighted by atomic mass is 32.2. The van der Waals surface area contributed by atoms with E-state index in [4.69, 9.17) is 9.47 Å². The predicted molar refractivity (Wildman–Crippen MR) is 116 cm³/mol. The number of methoxy groups -OCH3 is 2. The van der Waals surface area contributed by atoms with Crippen molar-refractivity contribution < 1.29 is 22.7 Å². The second kappa shape index (κ2) is 9.95. The Labute approximate surface area is 178 Å². The van der Waals surface area contributed by atoms with E-state index in [1.54, 1.807) is 53.9 Å². The molecule has 1 aliphatic heterocycles. The van der Waals surface area contributed by atoms with Gasteiger partial charge in [-0.1, -0.05) is 18.6 Å². The van der Waals surface area contributed by atoms with Crippen molar-refractivity contribution in [2.75, 3.05) is 32.6 Å². The highest BCUT2D eigenvalue weighted by Gasteiger charge is 2.25. The number of carbonyl (C=O) groups excluding carboxylic acids is 1. The summed E-state index contributed by atoms with van der Waals surface area (Å²) in [6.45, 7) is 1.16. The quantitative estimate of drug-likeness (QED) is 0.691. The first-order valence-electron chi connectivity index (χ1n) is 10.0. The van der Waals surface area contributed by atoms with E-state index in [2.05, 4.69) is 5.32 Å². The van der Waals surface area contributed by atoms with Gasteiger partial charge in [-0.3, -0.25) is 4.79 Å². The third-order valence-corrected chi connectivity index (χ3v) is 7.11. The highest BCUT2D eigenvalue weighted by Crippen LogP contribution is 2.29. The monoisotopic (exact) mass is 432 g/mol. The van der Waals surface area contributed by atoms with Crippen molar-refractivity contribution in [2.24, 2.45) is 0 Å². The highest BCUT2D eigenvalue weighted by molar-refractivity contribution is 7.89. The molecule has 162 valence electrons. The van der Waals surface area contributed by atoms with Gasteiger partial charge in [0.2, 0.25) is 15.9 Å². The molecule has 8 heteroatoms. The molecule has 3 rings (SSSR count). The van der Waals surface area contributed by atoms with Crippen molar-refractivity contribution in [2.45, 2.75) is 37.0 Å². The van der Waals surface area contributed by atoms with E-state index in [1.165, 1.54) is 7.11 Å². The molecule has 2 aromatic rings. The molecule has 0 saturated carbocycles. The van der Waals surface area contributed by atoms with Gasteiger partial charge in [-0.2, -0.15) is 4.31 Å².